The fourth-order valence-electron chi connectivity index (χ4n) is 8.85. The molecule has 0 unspecified atom stereocenters. The quantitative estimate of drug-likeness (QED) is 0.158. The van der Waals surface area contributed by atoms with E-state index in [2.05, 4.69) is 201 Å². The summed E-state index contributed by atoms with van der Waals surface area (Å²) in [5.41, 5.74) is 16.9. The van der Waals surface area contributed by atoms with E-state index < -0.39 is 5.89 Å². The Morgan fingerprint density at radius 3 is 1.94 bits per heavy atom. The minimum Gasteiger partial charge on any atom is -0.507 e. The van der Waals surface area contributed by atoms with Crippen LogP contribution < -0.4 is 0 Å². The summed E-state index contributed by atoms with van der Waals surface area (Å²) >= 11 is 0. The number of fused-ring (bicyclic) bond motifs is 1. The second kappa shape index (κ2) is 16.8. The zero-order valence-corrected chi connectivity index (χ0v) is 39.2. The van der Waals surface area contributed by atoms with Gasteiger partial charge in [-0.3, -0.25) is 9.55 Å². The van der Waals surface area contributed by atoms with E-state index in [0.717, 1.165) is 78.0 Å². The van der Waals surface area contributed by atoms with Crippen molar-refractivity contribution in [2.75, 3.05) is 0 Å². The lowest BCUT2D eigenvalue weighted by atomic mass is 9.80. The highest BCUT2D eigenvalue weighted by Gasteiger charge is 2.26. The molecule has 0 amide bonds. The fourth-order valence-corrected chi connectivity index (χ4v) is 8.85. The maximum absolute atomic E-state index is 12.3. The van der Waals surface area contributed by atoms with Crippen LogP contribution in [0.2, 0.25) is 0 Å². The largest absolute Gasteiger partial charge is 0.507 e. The molecule has 4 nitrogen and oxygen atoms in total. The molecule has 0 saturated heterocycles. The van der Waals surface area contributed by atoms with Gasteiger partial charge in [0.1, 0.15) is 11.6 Å². The minimum absolute atomic E-state index is 0.0938. The van der Waals surface area contributed by atoms with E-state index in [1.54, 1.807) is 0 Å². The third-order valence-corrected chi connectivity index (χ3v) is 12.5. The third kappa shape index (κ3) is 8.48. The molecule has 0 atom stereocenters. The first-order valence-electron chi connectivity index (χ1n) is 23.0. The number of benzene rings is 6. The number of hydrogen-bond acceptors (Lipinski definition) is 3. The Balaban J connectivity index is 1.43. The number of para-hydroxylation sites is 1. The number of phenols is 1. The van der Waals surface area contributed by atoms with Crippen LogP contribution in [0.4, 0.5) is 0 Å². The van der Waals surface area contributed by atoms with Crippen molar-refractivity contribution in [3.8, 4) is 67.5 Å². The lowest BCUT2D eigenvalue weighted by Gasteiger charge is -2.25. The topological polar surface area (TPSA) is 50.9 Å². The predicted molar refractivity (Wildman–Crippen MR) is 267 cm³/mol. The van der Waals surface area contributed by atoms with Gasteiger partial charge in [-0.25, -0.2) is 4.98 Å². The molecule has 2 heterocycles. The maximum Gasteiger partial charge on any atom is 0.149 e. The van der Waals surface area contributed by atoms with Crippen LogP contribution in [0.5, 0.6) is 5.75 Å². The molecule has 0 fully saturated rings. The fraction of sp³-hybridized carbons (Fsp3) is 0.288. The number of aromatic hydroxyl groups is 1. The van der Waals surface area contributed by atoms with Gasteiger partial charge in [0, 0.05) is 24.4 Å². The van der Waals surface area contributed by atoms with Crippen molar-refractivity contribution in [3.63, 3.8) is 0 Å². The zero-order valence-electron chi connectivity index (χ0n) is 40.2. The van der Waals surface area contributed by atoms with Crippen LogP contribution in [0.3, 0.4) is 0 Å². The second-order valence-corrected chi connectivity index (χ2v) is 20.1. The van der Waals surface area contributed by atoms with E-state index in [1.807, 2.05) is 26.1 Å². The van der Waals surface area contributed by atoms with Crippen molar-refractivity contribution in [1.82, 2.24) is 14.5 Å². The molecular weight excluding hydrogens is 767 g/mol. The Hall–Kier alpha value is -6.26. The molecule has 0 radical (unpaired) electrons. The number of hydrogen-bond donors (Lipinski definition) is 1. The van der Waals surface area contributed by atoms with Gasteiger partial charge in [-0.2, -0.15) is 0 Å². The van der Waals surface area contributed by atoms with Crippen molar-refractivity contribution < 1.29 is 6.48 Å². The van der Waals surface area contributed by atoms with Crippen LogP contribution in [0.1, 0.15) is 130 Å². The molecule has 4 heteroatoms. The molecule has 8 rings (SSSR count). The number of nitrogens with zero attached hydrogens (tertiary/aromatic N) is 3. The molecule has 6 aromatic carbocycles. The Bertz CT molecular complexity index is 3010. The van der Waals surface area contributed by atoms with E-state index in [0.29, 0.717) is 11.4 Å². The molecule has 0 bridgehead atoms. The maximum atomic E-state index is 12.3. The lowest BCUT2D eigenvalue weighted by molar-refractivity contribution is 0.466. The van der Waals surface area contributed by atoms with Crippen LogP contribution in [0.15, 0.2) is 140 Å². The van der Waals surface area contributed by atoms with Crippen molar-refractivity contribution in [2.45, 2.75) is 112 Å². The Kier molecular flexibility index (Phi) is 11.2. The summed E-state index contributed by atoms with van der Waals surface area (Å²) in [7, 11) is 0. The summed E-state index contributed by atoms with van der Waals surface area (Å²) < 4.78 is 11.8. The molecule has 320 valence electrons. The standard InChI is InChI=1S/C59H63N3O/c1-36(2)41-32-50(38(5)6)56(63)51(33-41)57-61-55-46(42-29-43(31-44(30-42)58(7,8)9)53-34-40(27-28-60-53)39-19-14-13-15-20-39)22-18-24-54(55)62(57)45-25-26-47(49(35-45)37(3)4)48-21-16-17-23-52(48)59(10,11)12/h13-38,63H,1-12H3/i37D. The first kappa shape index (κ1) is 42.1. The second-order valence-electron chi connectivity index (χ2n) is 20.1. The molecular formula is C59H63N3O. The molecule has 0 saturated carbocycles. The Morgan fingerprint density at radius 1 is 0.556 bits per heavy atom. The van der Waals surface area contributed by atoms with E-state index >= 15 is 0 Å². The van der Waals surface area contributed by atoms with Gasteiger partial charge in [0.25, 0.3) is 0 Å². The van der Waals surface area contributed by atoms with Gasteiger partial charge in [-0.15, -0.1) is 0 Å². The monoisotopic (exact) mass is 831 g/mol. The molecule has 63 heavy (non-hydrogen) atoms. The normalized spacial score (nSPS) is 12.7. The van der Waals surface area contributed by atoms with E-state index in [-0.39, 0.29) is 28.4 Å². The summed E-state index contributed by atoms with van der Waals surface area (Å²) in [4.78, 5) is 10.5. The molecule has 2 aromatic heterocycles. The third-order valence-electron chi connectivity index (χ3n) is 12.5. The highest BCUT2D eigenvalue weighted by atomic mass is 16.3. The summed E-state index contributed by atoms with van der Waals surface area (Å²) in [5, 5.41) is 12.3. The number of rotatable bonds is 9. The Morgan fingerprint density at radius 2 is 1.25 bits per heavy atom. The number of pyridine rings is 1. The molecule has 0 spiro atoms. The number of aromatic nitrogens is 3. The van der Waals surface area contributed by atoms with Crippen molar-refractivity contribution >= 4 is 11.0 Å². The van der Waals surface area contributed by atoms with Gasteiger partial charge in [0.05, 0.1) is 22.3 Å². The van der Waals surface area contributed by atoms with Crippen LogP contribution in [0, 0.1) is 0 Å². The van der Waals surface area contributed by atoms with Gasteiger partial charge < -0.3 is 5.11 Å². The van der Waals surface area contributed by atoms with E-state index in [9.17, 15) is 6.48 Å². The predicted octanol–water partition coefficient (Wildman–Crippen LogP) is 16.4. The molecule has 0 aliphatic rings. The molecule has 1 N–H and O–H groups in total. The molecule has 0 aliphatic heterocycles. The van der Waals surface area contributed by atoms with Crippen LogP contribution >= 0.6 is 0 Å². The van der Waals surface area contributed by atoms with Crippen LogP contribution in [-0.2, 0) is 10.8 Å². The highest BCUT2D eigenvalue weighted by Crippen LogP contribution is 2.45. The van der Waals surface area contributed by atoms with Gasteiger partial charge in [0.2, 0.25) is 0 Å². The molecule has 8 aromatic rings. The first-order valence-corrected chi connectivity index (χ1v) is 22.5. The van der Waals surface area contributed by atoms with E-state index in [4.69, 9.17) is 9.97 Å². The lowest BCUT2D eigenvalue weighted by Crippen LogP contribution is -2.13. The summed E-state index contributed by atoms with van der Waals surface area (Å²) in [6.45, 7) is 26.1. The van der Waals surface area contributed by atoms with E-state index in [1.165, 1.54) is 11.1 Å². The van der Waals surface area contributed by atoms with Crippen LogP contribution in [0.25, 0.3) is 72.7 Å². The van der Waals surface area contributed by atoms with Gasteiger partial charge in [-0.05, 0) is 133 Å². The smallest absolute Gasteiger partial charge is 0.149 e. The van der Waals surface area contributed by atoms with Crippen LogP contribution in [-0.4, -0.2) is 19.6 Å². The average Bonchev–Trinajstić information content (AvgIpc) is 3.65. The zero-order chi connectivity index (χ0) is 45.9. The summed E-state index contributed by atoms with van der Waals surface area (Å²) in [6.07, 6.45) is 1.90. The first-order chi connectivity index (χ1) is 30.2. The van der Waals surface area contributed by atoms with Crippen molar-refractivity contribution in [3.05, 3.63) is 167 Å². The number of phenolic OH excluding ortho intramolecular Hbond substituents is 1. The molecule has 0 aliphatic carbocycles. The average molecular weight is 831 g/mol. The van der Waals surface area contributed by atoms with Crippen molar-refractivity contribution in [2.24, 2.45) is 0 Å². The van der Waals surface area contributed by atoms with Crippen molar-refractivity contribution in [1.29, 1.82) is 0 Å². The summed E-state index contributed by atoms with van der Waals surface area (Å²) in [5.74, 6) is 0.297. The number of imidazole rings is 1. The SMILES string of the molecule is [2H]C(C)(C)c1cc(-n2c(-c3cc(C(C)C)cc(C(C)C)c3O)nc3c(-c4cc(-c5cc(-c6ccccc6)ccn5)cc(C(C)(C)C)c4)cccc32)ccc1-c1ccccc1C(C)(C)C. The minimum atomic E-state index is -0.932. The van der Waals surface area contributed by atoms with Gasteiger partial charge in [-0.1, -0.05) is 168 Å². The highest BCUT2D eigenvalue weighted by molar-refractivity contribution is 5.97. The van der Waals surface area contributed by atoms with Gasteiger partial charge in [0.15, 0.2) is 0 Å². The van der Waals surface area contributed by atoms with Gasteiger partial charge >= 0.3 is 0 Å². The Labute approximate surface area is 377 Å². The summed E-state index contributed by atoms with van der Waals surface area (Å²) in [6, 6.07) is 47.3.